The molecule has 5 heteroatoms. The topological polar surface area (TPSA) is 59.0 Å². The van der Waals surface area contributed by atoms with Gasteiger partial charge in [0.15, 0.2) is 0 Å². The van der Waals surface area contributed by atoms with Crippen LogP contribution >= 0.6 is 0 Å². The van der Waals surface area contributed by atoms with Crippen LogP contribution in [0.2, 0.25) is 0 Å². The lowest BCUT2D eigenvalue weighted by Crippen LogP contribution is -2.39. The van der Waals surface area contributed by atoms with Crippen molar-refractivity contribution >= 4 is 5.91 Å². The second kappa shape index (κ2) is 7.47. The van der Waals surface area contributed by atoms with Gasteiger partial charge in [-0.05, 0) is 70.5 Å². The molecule has 1 fully saturated rings. The van der Waals surface area contributed by atoms with Crippen molar-refractivity contribution in [3.63, 3.8) is 0 Å². The predicted molar refractivity (Wildman–Crippen MR) is 91.4 cm³/mol. The highest BCUT2D eigenvalue weighted by Crippen LogP contribution is 2.22. The molecule has 1 aliphatic carbocycles. The van der Waals surface area contributed by atoms with E-state index in [-0.39, 0.29) is 11.9 Å². The third-order valence-electron chi connectivity index (χ3n) is 5.23. The van der Waals surface area contributed by atoms with Crippen LogP contribution in [0.3, 0.4) is 0 Å². The average Bonchev–Trinajstić information content (AvgIpc) is 2.97. The van der Waals surface area contributed by atoms with Gasteiger partial charge in [0.25, 0.3) is 0 Å². The van der Waals surface area contributed by atoms with Crippen LogP contribution in [-0.2, 0) is 17.6 Å². The first-order valence-corrected chi connectivity index (χ1v) is 9.19. The third kappa shape index (κ3) is 4.34. The molecule has 1 unspecified atom stereocenters. The number of hydrogen-bond acceptors (Lipinski definition) is 3. The van der Waals surface area contributed by atoms with Gasteiger partial charge in [0.05, 0.1) is 5.69 Å². The summed E-state index contributed by atoms with van der Waals surface area (Å²) in [6.07, 6.45) is 9.27. The Labute approximate surface area is 139 Å². The van der Waals surface area contributed by atoms with Crippen LogP contribution in [0.5, 0.6) is 0 Å². The second-order valence-electron chi connectivity index (χ2n) is 7.41. The Bertz CT molecular complexity index is 531. The molecule has 1 aromatic heterocycles. The zero-order valence-electron chi connectivity index (χ0n) is 14.5. The van der Waals surface area contributed by atoms with Crippen LogP contribution in [0.15, 0.2) is 6.20 Å². The van der Waals surface area contributed by atoms with Crippen molar-refractivity contribution in [1.29, 1.82) is 0 Å². The van der Waals surface area contributed by atoms with E-state index in [1.807, 2.05) is 4.68 Å². The Morgan fingerprint density at radius 3 is 2.91 bits per heavy atom. The van der Waals surface area contributed by atoms with Crippen molar-refractivity contribution in [2.24, 2.45) is 5.92 Å². The van der Waals surface area contributed by atoms with E-state index in [1.165, 1.54) is 24.1 Å². The number of amides is 1. The minimum absolute atomic E-state index is 0.222. The van der Waals surface area contributed by atoms with Crippen LogP contribution in [0.4, 0.5) is 0 Å². The van der Waals surface area contributed by atoms with Gasteiger partial charge in [-0.25, -0.2) is 0 Å². The summed E-state index contributed by atoms with van der Waals surface area (Å²) in [6, 6.07) is 0.664. The maximum absolute atomic E-state index is 12.2. The lowest BCUT2D eigenvalue weighted by atomic mass is 9.92. The summed E-state index contributed by atoms with van der Waals surface area (Å²) in [5.41, 5.74) is 2.53. The van der Waals surface area contributed by atoms with E-state index in [0.29, 0.717) is 12.5 Å². The summed E-state index contributed by atoms with van der Waals surface area (Å²) in [5, 5.41) is 11.3. The van der Waals surface area contributed by atoms with E-state index >= 15 is 0 Å². The van der Waals surface area contributed by atoms with Crippen LogP contribution in [0.25, 0.3) is 0 Å². The third-order valence-corrected chi connectivity index (χ3v) is 5.23. The van der Waals surface area contributed by atoms with E-state index in [0.717, 1.165) is 44.7 Å². The summed E-state index contributed by atoms with van der Waals surface area (Å²) in [4.78, 5) is 12.2. The van der Waals surface area contributed by atoms with Crippen LogP contribution in [0, 0.1) is 5.92 Å². The quantitative estimate of drug-likeness (QED) is 0.875. The van der Waals surface area contributed by atoms with E-state index in [9.17, 15) is 4.79 Å². The minimum Gasteiger partial charge on any atom is -0.353 e. The molecule has 1 saturated heterocycles. The number of piperidine rings is 1. The largest absolute Gasteiger partial charge is 0.353 e. The first-order chi connectivity index (χ1) is 11.1. The van der Waals surface area contributed by atoms with Crippen molar-refractivity contribution in [3.05, 3.63) is 17.5 Å². The number of carbonyl (C=O) groups is 1. The minimum atomic E-state index is 0.222. The van der Waals surface area contributed by atoms with E-state index in [4.69, 9.17) is 0 Å². The van der Waals surface area contributed by atoms with E-state index in [1.54, 1.807) is 0 Å². The number of nitrogens with one attached hydrogen (secondary N) is 2. The Hall–Kier alpha value is -1.36. The van der Waals surface area contributed by atoms with E-state index in [2.05, 4.69) is 35.8 Å². The van der Waals surface area contributed by atoms with Gasteiger partial charge in [-0.2, -0.15) is 5.10 Å². The summed E-state index contributed by atoms with van der Waals surface area (Å²) >= 11 is 0. The lowest BCUT2D eigenvalue weighted by molar-refractivity contribution is -0.122. The van der Waals surface area contributed by atoms with Crippen molar-refractivity contribution in [2.45, 2.75) is 70.9 Å². The fraction of sp³-hybridized carbons (Fsp3) is 0.778. The summed E-state index contributed by atoms with van der Waals surface area (Å²) in [7, 11) is 0. The zero-order valence-corrected chi connectivity index (χ0v) is 14.5. The summed E-state index contributed by atoms with van der Waals surface area (Å²) in [5.74, 6) is 0.946. The van der Waals surface area contributed by atoms with Gasteiger partial charge in [0, 0.05) is 31.1 Å². The molecule has 0 radical (unpaired) electrons. The van der Waals surface area contributed by atoms with Crippen LogP contribution in [-0.4, -0.2) is 34.8 Å². The number of carbonyl (C=O) groups excluding carboxylic acids is 1. The Kier molecular flexibility index (Phi) is 5.36. The molecule has 0 bridgehead atoms. The second-order valence-corrected chi connectivity index (χ2v) is 7.41. The average molecular weight is 318 g/mol. The maximum atomic E-state index is 12.2. The molecule has 128 valence electrons. The maximum Gasteiger partial charge on any atom is 0.220 e. The molecule has 2 heterocycles. The normalized spacial score (nSPS) is 22.1. The molecule has 1 atom stereocenters. The fourth-order valence-electron chi connectivity index (χ4n) is 3.71. The Morgan fingerprint density at radius 2 is 2.17 bits per heavy atom. The molecule has 1 amide bonds. The zero-order chi connectivity index (χ0) is 16.2. The SMILES string of the molecule is CC(C)n1cc2c(n1)CC(NC(=O)CCC1CCNCC1)CC2. The molecule has 3 rings (SSSR count). The summed E-state index contributed by atoms with van der Waals surface area (Å²) < 4.78 is 2.05. The molecule has 1 aromatic rings. The lowest BCUT2D eigenvalue weighted by Gasteiger charge is -2.24. The van der Waals surface area contributed by atoms with Gasteiger partial charge >= 0.3 is 0 Å². The fourth-order valence-corrected chi connectivity index (χ4v) is 3.71. The molecule has 2 aliphatic rings. The number of aromatic nitrogens is 2. The van der Waals surface area contributed by atoms with Crippen molar-refractivity contribution in [1.82, 2.24) is 20.4 Å². The van der Waals surface area contributed by atoms with Gasteiger partial charge in [0.2, 0.25) is 5.91 Å². The smallest absolute Gasteiger partial charge is 0.220 e. The van der Waals surface area contributed by atoms with Gasteiger partial charge in [-0.3, -0.25) is 9.48 Å². The molecule has 5 nitrogen and oxygen atoms in total. The predicted octanol–water partition coefficient (Wildman–Crippen LogP) is 2.22. The highest BCUT2D eigenvalue weighted by Gasteiger charge is 2.24. The molecular formula is C18H30N4O. The van der Waals surface area contributed by atoms with Gasteiger partial charge in [-0.1, -0.05) is 0 Å². The molecule has 0 aromatic carbocycles. The van der Waals surface area contributed by atoms with Gasteiger partial charge < -0.3 is 10.6 Å². The van der Waals surface area contributed by atoms with Gasteiger partial charge in [0.1, 0.15) is 0 Å². The molecule has 2 N–H and O–H groups in total. The molecule has 0 spiro atoms. The van der Waals surface area contributed by atoms with E-state index < -0.39 is 0 Å². The molecule has 0 saturated carbocycles. The number of fused-ring (bicyclic) bond motifs is 1. The molecular weight excluding hydrogens is 288 g/mol. The highest BCUT2D eigenvalue weighted by molar-refractivity contribution is 5.76. The van der Waals surface area contributed by atoms with Gasteiger partial charge in [-0.15, -0.1) is 0 Å². The monoisotopic (exact) mass is 318 g/mol. The van der Waals surface area contributed by atoms with Crippen LogP contribution < -0.4 is 10.6 Å². The van der Waals surface area contributed by atoms with Crippen molar-refractivity contribution < 1.29 is 4.79 Å². The molecule has 23 heavy (non-hydrogen) atoms. The highest BCUT2D eigenvalue weighted by atomic mass is 16.1. The van der Waals surface area contributed by atoms with Crippen molar-refractivity contribution in [3.8, 4) is 0 Å². The number of rotatable bonds is 5. The Balaban J connectivity index is 1.45. The first-order valence-electron chi connectivity index (χ1n) is 9.19. The number of hydrogen-bond donors (Lipinski definition) is 2. The van der Waals surface area contributed by atoms with Crippen LogP contribution in [0.1, 0.15) is 63.3 Å². The Morgan fingerprint density at radius 1 is 1.39 bits per heavy atom. The summed E-state index contributed by atoms with van der Waals surface area (Å²) in [6.45, 7) is 6.52. The number of aryl methyl sites for hydroxylation is 1. The molecule has 1 aliphatic heterocycles. The number of nitrogens with zero attached hydrogens (tertiary/aromatic N) is 2. The van der Waals surface area contributed by atoms with Crippen molar-refractivity contribution in [2.75, 3.05) is 13.1 Å². The first kappa shape index (κ1) is 16.5. The standard InChI is InChI=1S/C18H30N4O/c1-13(2)22-12-15-4-5-16(11-17(15)21-22)20-18(23)6-3-14-7-9-19-10-8-14/h12-14,16,19H,3-11H2,1-2H3,(H,20,23).